The molecule has 0 aliphatic carbocycles. The summed E-state index contributed by atoms with van der Waals surface area (Å²) in [7, 11) is 3.44. The topological polar surface area (TPSA) is 135 Å². The molecule has 246 valence electrons. The Hall–Kier alpha value is -4.59. The van der Waals surface area contributed by atoms with Crippen molar-refractivity contribution in [3.63, 3.8) is 0 Å². The van der Waals surface area contributed by atoms with E-state index in [1.54, 1.807) is 25.1 Å². The van der Waals surface area contributed by atoms with Crippen LogP contribution in [0.5, 0.6) is 0 Å². The smallest absolute Gasteiger partial charge is 0.416 e. The molecule has 1 aromatic carbocycles. The molecule has 3 aromatic heterocycles. The number of pyridine rings is 1. The zero-order valence-electron chi connectivity index (χ0n) is 26.6. The van der Waals surface area contributed by atoms with E-state index in [0.29, 0.717) is 11.8 Å². The Bertz CT molecular complexity index is 1780. The van der Waals surface area contributed by atoms with E-state index in [0.717, 1.165) is 27.5 Å². The zero-order valence-corrected chi connectivity index (χ0v) is 26.6. The molecule has 0 aliphatic heterocycles. The molecule has 46 heavy (non-hydrogen) atoms. The average Bonchev–Trinajstić information content (AvgIpc) is 3.43. The minimum Gasteiger partial charge on any atom is -0.481 e. The van der Waals surface area contributed by atoms with Crippen molar-refractivity contribution in [1.82, 2.24) is 34.4 Å². The van der Waals surface area contributed by atoms with E-state index in [2.05, 4.69) is 20.4 Å². The molecule has 0 saturated carbocycles. The van der Waals surface area contributed by atoms with Crippen molar-refractivity contribution in [2.45, 2.75) is 65.2 Å². The Morgan fingerprint density at radius 2 is 1.78 bits per heavy atom. The van der Waals surface area contributed by atoms with Gasteiger partial charge in [-0.1, -0.05) is 32.0 Å². The second-order valence-electron chi connectivity index (χ2n) is 12.1. The van der Waals surface area contributed by atoms with Crippen LogP contribution in [-0.4, -0.2) is 66.7 Å². The summed E-state index contributed by atoms with van der Waals surface area (Å²) in [5.41, 5.74) is 1.31. The molecule has 11 nitrogen and oxygen atoms in total. The number of rotatable bonds is 12. The van der Waals surface area contributed by atoms with E-state index >= 15 is 0 Å². The first-order valence-corrected chi connectivity index (χ1v) is 14.8. The number of nitrogens with zero attached hydrogens (tertiary/aromatic N) is 6. The molecule has 0 saturated heterocycles. The van der Waals surface area contributed by atoms with Gasteiger partial charge < -0.3 is 19.9 Å². The van der Waals surface area contributed by atoms with Crippen molar-refractivity contribution >= 4 is 17.7 Å². The number of benzene rings is 1. The standard InChI is InChI=1S/C32H38F3N7O4/c1-18(2)12-26(41-16-21(10-11-40(5)6)22(13-27(41)43)32(33,34)35)30(46)38-24(15-28(44)45)23-14-25(42-31(39-23)36-17-37-42)29-19(3)8-7-9-20(29)4/h7-9,13-14,16-18,24,26H,10-12,15H2,1-6H3,(H,38,46)(H,44,45)/t24-,26-/m0/s1. The molecular weight excluding hydrogens is 603 g/mol. The van der Waals surface area contributed by atoms with Gasteiger partial charge in [0.1, 0.15) is 12.4 Å². The molecule has 3 heterocycles. The lowest BCUT2D eigenvalue weighted by molar-refractivity contribution is -0.139. The number of carbonyl (C=O) groups is 2. The second-order valence-corrected chi connectivity index (χ2v) is 12.1. The van der Waals surface area contributed by atoms with Crippen LogP contribution in [-0.2, 0) is 22.2 Å². The number of aryl methyl sites for hydroxylation is 2. The molecule has 0 unspecified atom stereocenters. The number of likely N-dealkylation sites (N-methyl/N-ethyl adjacent to an activating group) is 1. The van der Waals surface area contributed by atoms with E-state index in [1.807, 2.05) is 45.9 Å². The summed E-state index contributed by atoms with van der Waals surface area (Å²) in [5, 5.41) is 16.9. The number of amides is 1. The summed E-state index contributed by atoms with van der Waals surface area (Å²) < 4.78 is 44.3. The highest BCUT2D eigenvalue weighted by Gasteiger charge is 2.36. The third-order valence-electron chi connectivity index (χ3n) is 7.69. The zero-order chi connectivity index (χ0) is 33.9. The van der Waals surface area contributed by atoms with Gasteiger partial charge in [-0.25, -0.2) is 4.98 Å². The van der Waals surface area contributed by atoms with Gasteiger partial charge in [0.2, 0.25) is 5.91 Å². The number of aromatic nitrogens is 5. The van der Waals surface area contributed by atoms with Crippen molar-refractivity contribution in [3.05, 3.63) is 81.2 Å². The van der Waals surface area contributed by atoms with E-state index in [1.165, 1.54) is 10.8 Å². The number of hydrogen-bond acceptors (Lipinski definition) is 7. The predicted octanol–water partition coefficient (Wildman–Crippen LogP) is 4.61. The third-order valence-corrected chi connectivity index (χ3v) is 7.69. The fraction of sp³-hybridized carbons (Fsp3) is 0.438. The molecule has 4 rings (SSSR count). The molecule has 2 atom stereocenters. The van der Waals surface area contributed by atoms with Crippen LogP contribution in [0.4, 0.5) is 13.2 Å². The number of halogens is 3. The number of nitrogens with one attached hydrogen (secondary N) is 1. The molecule has 0 fully saturated rings. The fourth-order valence-electron chi connectivity index (χ4n) is 5.51. The molecule has 14 heteroatoms. The van der Waals surface area contributed by atoms with Crippen molar-refractivity contribution < 1.29 is 27.9 Å². The molecule has 0 aliphatic rings. The molecular formula is C32H38F3N7O4. The number of aliphatic carboxylic acids is 1. The quantitative estimate of drug-likeness (QED) is 0.229. The van der Waals surface area contributed by atoms with E-state index in [-0.39, 0.29) is 42.3 Å². The molecule has 0 bridgehead atoms. The Morgan fingerprint density at radius 3 is 2.37 bits per heavy atom. The average molecular weight is 642 g/mol. The first-order chi connectivity index (χ1) is 21.6. The molecule has 0 radical (unpaired) electrons. The maximum atomic E-state index is 14.0. The highest BCUT2D eigenvalue weighted by molar-refractivity contribution is 5.82. The monoisotopic (exact) mass is 641 g/mol. The van der Waals surface area contributed by atoms with Crippen molar-refractivity contribution in [1.29, 1.82) is 0 Å². The van der Waals surface area contributed by atoms with Crippen LogP contribution in [0.2, 0.25) is 0 Å². The normalized spacial score (nSPS) is 13.4. The number of alkyl halides is 3. The van der Waals surface area contributed by atoms with Crippen LogP contribution >= 0.6 is 0 Å². The van der Waals surface area contributed by atoms with Crippen LogP contribution < -0.4 is 10.9 Å². The minimum absolute atomic E-state index is 0.0108. The Labute approximate surface area is 264 Å². The summed E-state index contributed by atoms with van der Waals surface area (Å²) in [4.78, 5) is 49.6. The fourth-order valence-corrected chi connectivity index (χ4v) is 5.51. The van der Waals surface area contributed by atoms with Gasteiger partial charge in [-0.05, 0) is 69.5 Å². The van der Waals surface area contributed by atoms with Gasteiger partial charge in [0.15, 0.2) is 0 Å². The third kappa shape index (κ3) is 7.79. The second kappa shape index (κ2) is 13.8. The summed E-state index contributed by atoms with van der Waals surface area (Å²) in [6.45, 7) is 7.76. The predicted molar refractivity (Wildman–Crippen MR) is 165 cm³/mol. The number of carboxylic acids is 1. The molecule has 4 aromatic rings. The minimum atomic E-state index is -4.76. The van der Waals surface area contributed by atoms with Gasteiger partial charge in [0.05, 0.1) is 29.4 Å². The summed E-state index contributed by atoms with van der Waals surface area (Å²) in [6, 6.07) is 5.54. The van der Waals surface area contributed by atoms with Gasteiger partial charge in [0, 0.05) is 24.4 Å². The number of fused-ring (bicyclic) bond motifs is 1. The first kappa shape index (κ1) is 34.3. The lowest BCUT2D eigenvalue weighted by Crippen LogP contribution is -2.41. The number of hydrogen-bond donors (Lipinski definition) is 2. The Kier molecular flexibility index (Phi) is 10.3. The van der Waals surface area contributed by atoms with Crippen molar-refractivity contribution in [2.75, 3.05) is 20.6 Å². The van der Waals surface area contributed by atoms with Gasteiger partial charge in [-0.2, -0.15) is 27.8 Å². The van der Waals surface area contributed by atoms with Crippen LogP contribution in [0.25, 0.3) is 17.0 Å². The molecule has 0 spiro atoms. The number of carboxylic acid groups (broad SMARTS) is 1. The van der Waals surface area contributed by atoms with E-state index in [9.17, 15) is 32.7 Å². The van der Waals surface area contributed by atoms with Gasteiger partial charge >= 0.3 is 12.1 Å². The van der Waals surface area contributed by atoms with Gasteiger partial charge in [-0.15, -0.1) is 0 Å². The Morgan fingerprint density at radius 1 is 1.11 bits per heavy atom. The van der Waals surface area contributed by atoms with Crippen LogP contribution in [0, 0.1) is 19.8 Å². The van der Waals surface area contributed by atoms with Gasteiger partial charge in [0.25, 0.3) is 11.3 Å². The van der Waals surface area contributed by atoms with Crippen LogP contribution in [0.1, 0.15) is 66.7 Å². The number of carbonyl (C=O) groups excluding carboxylic acids is 1. The van der Waals surface area contributed by atoms with E-state index < -0.39 is 47.7 Å². The summed E-state index contributed by atoms with van der Waals surface area (Å²) in [6.07, 6.45) is -2.80. The lowest BCUT2D eigenvalue weighted by atomic mass is 9.97. The van der Waals surface area contributed by atoms with Crippen LogP contribution in [0.15, 0.2) is 47.7 Å². The Balaban J connectivity index is 1.81. The SMILES string of the molecule is Cc1cccc(C)c1-c1cc([C@H](CC(=O)O)NC(=O)[C@H](CC(C)C)n2cc(CCN(C)C)c(C(F)(F)F)cc2=O)nc2ncnn12. The van der Waals surface area contributed by atoms with Crippen LogP contribution in [0.3, 0.4) is 0 Å². The first-order valence-electron chi connectivity index (χ1n) is 14.8. The maximum absolute atomic E-state index is 14.0. The van der Waals surface area contributed by atoms with Crippen molar-refractivity contribution in [3.8, 4) is 11.3 Å². The van der Waals surface area contributed by atoms with E-state index in [4.69, 9.17) is 0 Å². The highest BCUT2D eigenvalue weighted by Crippen LogP contribution is 2.33. The largest absolute Gasteiger partial charge is 0.481 e. The highest BCUT2D eigenvalue weighted by atomic mass is 19.4. The summed E-state index contributed by atoms with van der Waals surface area (Å²) >= 11 is 0. The summed E-state index contributed by atoms with van der Waals surface area (Å²) in [5.74, 6) is -1.91. The molecule has 1 amide bonds. The molecule has 2 N–H and O–H groups in total. The van der Waals surface area contributed by atoms with Gasteiger partial charge in [-0.3, -0.25) is 14.4 Å². The van der Waals surface area contributed by atoms with Crippen molar-refractivity contribution in [2.24, 2.45) is 5.92 Å². The lowest BCUT2D eigenvalue weighted by Gasteiger charge is -2.26. The maximum Gasteiger partial charge on any atom is 0.416 e.